The van der Waals surface area contributed by atoms with Crippen molar-refractivity contribution in [3.05, 3.63) is 65.2 Å². The first-order valence-corrected chi connectivity index (χ1v) is 11.3. The number of hydrogen-bond donors (Lipinski definition) is 0. The van der Waals surface area contributed by atoms with Gasteiger partial charge in [-0.2, -0.15) is 4.31 Å². The fourth-order valence-corrected chi connectivity index (χ4v) is 6.19. The Bertz CT molecular complexity index is 972. The Kier molecular flexibility index (Phi) is 5.04. The second-order valence-electron chi connectivity index (χ2n) is 7.03. The highest BCUT2D eigenvalue weighted by Crippen LogP contribution is 2.37. The van der Waals surface area contributed by atoms with Crippen LogP contribution in [0.3, 0.4) is 0 Å². The van der Waals surface area contributed by atoms with Crippen LogP contribution in [0.25, 0.3) is 10.8 Å². The van der Waals surface area contributed by atoms with E-state index in [4.69, 9.17) is 0 Å². The van der Waals surface area contributed by atoms with Crippen LogP contribution in [0, 0.1) is 11.8 Å². The molecule has 2 aliphatic rings. The van der Waals surface area contributed by atoms with E-state index in [0.717, 1.165) is 30.0 Å². The van der Waals surface area contributed by atoms with Crippen LogP contribution in [-0.2, 0) is 10.0 Å². The number of sulfonamides is 1. The van der Waals surface area contributed by atoms with E-state index in [9.17, 15) is 8.42 Å². The Hall–Kier alpha value is -1.43. The summed E-state index contributed by atoms with van der Waals surface area (Å²) in [6.45, 7) is 1.18. The van der Waals surface area contributed by atoms with Crippen LogP contribution in [0.2, 0.25) is 0 Å². The molecule has 0 radical (unpaired) electrons. The number of hydrogen-bond acceptors (Lipinski definition) is 2. The molecule has 0 amide bonds. The first-order valence-electron chi connectivity index (χ1n) is 9.07. The molecule has 0 saturated carbocycles. The lowest BCUT2D eigenvalue weighted by Gasteiger charge is -2.35. The van der Waals surface area contributed by atoms with E-state index in [1.807, 2.05) is 30.3 Å². The fourth-order valence-electron chi connectivity index (χ4n) is 3.97. The molecule has 0 aromatic heterocycles. The third kappa shape index (κ3) is 3.40. The number of benzene rings is 2. The molecule has 1 aliphatic heterocycles. The Balaban J connectivity index is 1.51. The summed E-state index contributed by atoms with van der Waals surface area (Å²) in [7, 11) is -3.43. The van der Waals surface area contributed by atoms with Crippen molar-refractivity contribution >= 4 is 36.7 Å². The van der Waals surface area contributed by atoms with Gasteiger partial charge in [0.05, 0.1) is 4.90 Å². The monoisotopic (exact) mass is 431 g/mol. The Labute approximate surface area is 163 Å². The van der Waals surface area contributed by atoms with Crippen LogP contribution in [0.15, 0.2) is 70.1 Å². The van der Waals surface area contributed by atoms with Crippen molar-refractivity contribution in [1.82, 2.24) is 4.31 Å². The molecular weight excluding hydrogens is 410 g/mol. The highest BCUT2D eigenvalue weighted by atomic mass is 79.9. The van der Waals surface area contributed by atoms with Gasteiger partial charge in [0.25, 0.3) is 0 Å². The average Bonchev–Trinajstić information content (AvgIpc) is 2.68. The van der Waals surface area contributed by atoms with Crippen LogP contribution in [-0.4, -0.2) is 25.8 Å². The second kappa shape index (κ2) is 7.29. The maximum atomic E-state index is 13.1. The minimum absolute atomic E-state index is 0.397. The van der Waals surface area contributed by atoms with E-state index in [2.05, 4.69) is 34.2 Å². The van der Waals surface area contributed by atoms with Crippen LogP contribution in [0.4, 0.5) is 0 Å². The molecule has 1 heterocycles. The number of piperidine rings is 1. The molecule has 2 aromatic rings. The van der Waals surface area contributed by atoms with Crippen molar-refractivity contribution < 1.29 is 8.42 Å². The van der Waals surface area contributed by atoms with Gasteiger partial charge in [-0.25, -0.2) is 8.42 Å². The van der Waals surface area contributed by atoms with E-state index < -0.39 is 10.0 Å². The van der Waals surface area contributed by atoms with Crippen molar-refractivity contribution in [2.45, 2.75) is 24.2 Å². The summed E-state index contributed by atoms with van der Waals surface area (Å²) in [6.07, 6.45) is 9.44. The van der Waals surface area contributed by atoms with Crippen LogP contribution in [0.5, 0.6) is 0 Å². The third-order valence-electron chi connectivity index (χ3n) is 5.48. The summed E-state index contributed by atoms with van der Waals surface area (Å²) < 4.78 is 29.0. The van der Waals surface area contributed by atoms with Gasteiger partial charge in [-0.3, -0.25) is 0 Å². The molecule has 0 spiro atoms. The first-order chi connectivity index (χ1) is 12.6. The molecule has 2 aromatic carbocycles. The molecule has 0 N–H and O–H groups in total. The van der Waals surface area contributed by atoms with Crippen molar-refractivity contribution in [2.24, 2.45) is 11.8 Å². The van der Waals surface area contributed by atoms with Crippen molar-refractivity contribution in [3.8, 4) is 0 Å². The summed E-state index contributed by atoms with van der Waals surface area (Å²) >= 11 is 3.68. The zero-order valence-corrected chi connectivity index (χ0v) is 16.9. The fraction of sp³-hybridized carbons (Fsp3) is 0.333. The molecule has 26 heavy (non-hydrogen) atoms. The van der Waals surface area contributed by atoms with E-state index >= 15 is 0 Å². The minimum atomic E-state index is -3.43. The first kappa shape index (κ1) is 18.0. The van der Waals surface area contributed by atoms with Crippen LogP contribution < -0.4 is 0 Å². The van der Waals surface area contributed by atoms with Crippen molar-refractivity contribution in [3.63, 3.8) is 0 Å². The number of fused-ring (bicyclic) bond motifs is 1. The molecule has 1 unspecified atom stereocenters. The van der Waals surface area contributed by atoms with Gasteiger partial charge in [0.2, 0.25) is 10.0 Å². The SMILES string of the molecule is O=S(=O)(c1ccc2ccccc2c1)N1CCC(C2C=CCC=C2Br)CC1. The van der Waals surface area contributed by atoms with Crippen LogP contribution in [0.1, 0.15) is 19.3 Å². The highest BCUT2D eigenvalue weighted by Gasteiger charge is 2.33. The van der Waals surface area contributed by atoms with Gasteiger partial charge in [0.1, 0.15) is 0 Å². The second-order valence-corrected chi connectivity index (χ2v) is 9.88. The minimum Gasteiger partial charge on any atom is -0.207 e. The standard InChI is InChI=1S/C21H22BrNO2S/c22-21-8-4-3-7-20(21)17-11-13-23(14-12-17)26(24,25)19-10-9-16-5-1-2-6-18(16)15-19/h1-3,5-10,15,17,20H,4,11-14H2. The lowest BCUT2D eigenvalue weighted by atomic mass is 9.83. The van der Waals surface area contributed by atoms with Gasteiger partial charge in [-0.15, -0.1) is 0 Å². The average molecular weight is 432 g/mol. The predicted molar refractivity (Wildman–Crippen MR) is 110 cm³/mol. The quantitative estimate of drug-likeness (QED) is 0.634. The van der Waals surface area contributed by atoms with E-state index in [1.165, 1.54) is 4.48 Å². The maximum absolute atomic E-state index is 13.1. The molecule has 1 fully saturated rings. The molecular formula is C21H22BrNO2S. The zero-order valence-electron chi connectivity index (χ0n) is 14.5. The maximum Gasteiger partial charge on any atom is 0.243 e. The normalized spacial score (nSPS) is 22.5. The zero-order chi connectivity index (χ0) is 18.1. The van der Waals surface area contributed by atoms with Gasteiger partial charge in [0.15, 0.2) is 0 Å². The van der Waals surface area contributed by atoms with Gasteiger partial charge < -0.3 is 0 Å². The third-order valence-corrected chi connectivity index (χ3v) is 8.22. The lowest BCUT2D eigenvalue weighted by Crippen LogP contribution is -2.40. The Morgan fingerprint density at radius 1 is 1.00 bits per heavy atom. The molecule has 5 heteroatoms. The summed E-state index contributed by atoms with van der Waals surface area (Å²) in [4.78, 5) is 0.397. The largest absolute Gasteiger partial charge is 0.243 e. The number of allylic oxidation sites excluding steroid dienone is 4. The topological polar surface area (TPSA) is 37.4 Å². The molecule has 1 atom stereocenters. The highest BCUT2D eigenvalue weighted by molar-refractivity contribution is 9.11. The Morgan fingerprint density at radius 3 is 2.46 bits per heavy atom. The van der Waals surface area contributed by atoms with Gasteiger partial charge in [-0.1, -0.05) is 64.5 Å². The van der Waals surface area contributed by atoms with Crippen molar-refractivity contribution in [2.75, 3.05) is 13.1 Å². The van der Waals surface area contributed by atoms with Crippen molar-refractivity contribution in [1.29, 1.82) is 0 Å². The molecule has 136 valence electrons. The summed E-state index contributed by atoms with van der Waals surface area (Å²) in [5.74, 6) is 0.898. The molecule has 3 nitrogen and oxygen atoms in total. The number of rotatable bonds is 3. The molecule has 1 aliphatic carbocycles. The summed E-state index contributed by atoms with van der Waals surface area (Å²) in [6, 6.07) is 13.3. The lowest BCUT2D eigenvalue weighted by molar-refractivity contribution is 0.248. The number of nitrogens with zero attached hydrogens (tertiary/aromatic N) is 1. The predicted octanol–water partition coefficient (Wildman–Crippen LogP) is 5.10. The summed E-state index contributed by atoms with van der Waals surface area (Å²) in [5, 5.41) is 2.02. The van der Waals surface area contributed by atoms with E-state index in [0.29, 0.717) is 29.8 Å². The number of halogens is 1. The van der Waals surface area contributed by atoms with E-state index in [-0.39, 0.29) is 0 Å². The molecule has 4 rings (SSSR count). The van der Waals surface area contributed by atoms with E-state index in [1.54, 1.807) is 16.4 Å². The summed E-state index contributed by atoms with van der Waals surface area (Å²) in [5.41, 5.74) is 0. The van der Waals surface area contributed by atoms with Gasteiger partial charge in [-0.05, 0) is 52.6 Å². The van der Waals surface area contributed by atoms with Gasteiger partial charge >= 0.3 is 0 Å². The smallest absolute Gasteiger partial charge is 0.207 e. The Morgan fingerprint density at radius 2 is 1.73 bits per heavy atom. The molecule has 1 saturated heterocycles. The van der Waals surface area contributed by atoms with Crippen LogP contribution >= 0.6 is 15.9 Å². The van der Waals surface area contributed by atoms with Gasteiger partial charge in [0, 0.05) is 19.0 Å². The molecule has 0 bridgehead atoms.